The first kappa shape index (κ1) is 18.3. The highest BCUT2D eigenvalue weighted by Gasteiger charge is 2.26. The van der Waals surface area contributed by atoms with E-state index in [-0.39, 0.29) is 11.6 Å². The van der Waals surface area contributed by atoms with E-state index in [1.165, 1.54) is 17.3 Å². The van der Waals surface area contributed by atoms with E-state index in [4.69, 9.17) is 0 Å². The maximum absolute atomic E-state index is 13.7. The van der Waals surface area contributed by atoms with E-state index in [2.05, 4.69) is 34.2 Å². The van der Waals surface area contributed by atoms with Crippen molar-refractivity contribution in [2.75, 3.05) is 36.4 Å². The quantitative estimate of drug-likeness (QED) is 0.909. The number of carbonyl (C=O) groups excluding carboxylic acids is 1. The molecule has 0 radical (unpaired) electrons. The van der Waals surface area contributed by atoms with Crippen molar-refractivity contribution < 1.29 is 13.6 Å². The summed E-state index contributed by atoms with van der Waals surface area (Å²) in [5.74, 6) is -1.73. The fourth-order valence-corrected chi connectivity index (χ4v) is 3.26. The minimum Gasteiger partial charge on any atom is -0.369 e. The minimum absolute atomic E-state index is 0.00166. The number of aryl methyl sites for hydroxylation is 1. The summed E-state index contributed by atoms with van der Waals surface area (Å²) in [4.78, 5) is 16.8. The van der Waals surface area contributed by atoms with Crippen molar-refractivity contribution in [1.29, 1.82) is 0 Å². The molecule has 3 rings (SSSR count). The summed E-state index contributed by atoms with van der Waals surface area (Å²) in [5, 5.41) is 2.55. The number of nitrogens with one attached hydrogen (secondary N) is 1. The second-order valence-corrected chi connectivity index (χ2v) is 6.60. The van der Waals surface area contributed by atoms with Crippen LogP contribution in [0.4, 0.5) is 20.2 Å². The Morgan fingerprint density at radius 1 is 1.08 bits per heavy atom. The van der Waals surface area contributed by atoms with Gasteiger partial charge in [-0.05, 0) is 37.6 Å². The first-order valence-corrected chi connectivity index (χ1v) is 8.76. The van der Waals surface area contributed by atoms with E-state index in [1.807, 2.05) is 12.1 Å². The van der Waals surface area contributed by atoms with Gasteiger partial charge in [-0.3, -0.25) is 9.69 Å². The van der Waals surface area contributed by atoms with Gasteiger partial charge in [0.25, 0.3) is 0 Å². The molecule has 1 amide bonds. The van der Waals surface area contributed by atoms with Crippen LogP contribution in [0.15, 0.2) is 42.5 Å². The molecule has 1 fully saturated rings. The summed E-state index contributed by atoms with van der Waals surface area (Å²) in [6.45, 7) is 7.04. The lowest BCUT2D eigenvalue weighted by molar-refractivity contribution is -0.120. The highest BCUT2D eigenvalue weighted by atomic mass is 19.1. The highest BCUT2D eigenvalue weighted by molar-refractivity contribution is 5.94. The summed E-state index contributed by atoms with van der Waals surface area (Å²) < 4.78 is 26.7. The summed E-state index contributed by atoms with van der Waals surface area (Å²) in [6, 6.07) is 11.0. The van der Waals surface area contributed by atoms with Gasteiger partial charge in [-0.1, -0.05) is 18.2 Å². The van der Waals surface area contributed by atoms with Crippen molar-refractivity contribution in [1.82, 2.24) is 4.90 Å². The molecule has 26 heavy (non-hydrogen) atoms. The van der Waals surface area contributed by atoms with Crippen LogP contribution in [0.1, 0.15) is 12.5 Å². The van der Waals surface area contributed by atoms with Crippen LogP contribution in [0.3, 0.4) is 0 Å². The fourth-order valence-electron chi connectivity index (χ4n) is 3.26. The lowest BCUT2D eigenvalue weighted by atomic mass is 10.1. The lowest BCUT2D eigenvalue weighted by Gasteiger charge is -2.39. The third-order valence-corrected chi connectivity index (χ3v) is 4.89. The molecule has 1 heterocycles. The van der Waals surface area contributed by atoms with Crippen LogP contribution in [-0.2, 0) is 4.79 Å². The Kier molecular flexibility index (Phi) is 5.52. The average Bonchev–Trinajstić information content (AvgIpc) is 2.64. The van der Waals surface area contributed by atoms with E-state index < -0.39 is 17.7 Å². The summed E-state index contributed by atoms with van der Waals surface area (Å²) in [6.07, 6.45) is 0. The maximum atomic E-state index is 13.7. The second-order valence-electron chi connectivity index (χ2n) is 6.60. The van der Waals surface area contributed by atoms with E-state index in [0.717, 1.165) is 38.3 Å². The topological polar surface area (TPSA) is 35.6 Å². The number of halogens is 2. The van der Waals surface area contributed by atoms with Crippen molar-refractivity contribution in [3.63, 3.8) is 0 Å². The predicted octanol–water partition coefficient (Wildman–Crippen LogP) is 3.42. The van der Waals surface area contributed by atoms with Crippen LogP contribution >= 0.6 is 0 Å². The van der Waals surface area contributed by atoms with E-state index >= 15 is 0 Å². The average molecular weight is 359 g/mol. The molecule has 1 saturated heterocycles. The fraction of sp³-hybridized carbons (Fsp3) is 0.350. The first-order chi connectivity index (χ1) is 12.5. The zero-order chi connectivity index (χ0) is 18.7. The molecule has 0 aliphatic carbocycles. The van der Waals surface area contributed by atoms with Gasteiger partial charge in [-0.15, -0.1) is 0 Å². The summed E-state index contributed by atoms with van der Waals surface area (Å²) in [5.41, 5.74) is 2.46. The van der Waals surface area contributed by atoms with Crippen molar-refractivity contribution >= 4 is 17.3 Å². The van der Waals surface area contributed by atoms with E-state index in [1.54, 1.807) is 6.92 Å². The number of piperazine rings is 1. The van der Waals surface area contributed by atoms with Gasteiger partial charge in [0.1, 0.15) is 11.6 Å². The summed E-state index contributed by atoms with van der Waals surface area (Å²) in [7, 11) is 0. The van der Waals surface area contributed by atoms with Crippen LogP contribution in [0.5, 0.6) is 0 Å². The number of para-hydroxylation sites is 1. The van der Waals surface area contributed by atoms with Gasteiger partial charge in [0.15, 0.2) is 0 Å². The Balaban J connectivity index is 1.58. The predicted molar refractivity (Wildman–Crippen MR) is 99.4 cm³/mol. The Hall–Kier alpha value is -2.47. The molecule has 1 atom stereocenters. The first-order valence-electron chi connectivity index (χ1n) is 8.76. The standard InChI is InChI=1S/C20H23F2N3O/c1-14-5-3-4-6-19(14)25-11-9-24(10-12-25)15(2)20(26)23-18-8-7-16(21)13-17(18)22/h3-8,13,15H,9-12H2,1-2H3,(H,23,26). The monoisotopic (exact) mass is 359 g/mol. The molecule has 1 unspecified atom stereocenters. The van der Waals surface area contributed by atoms with Gasteiger partial charge in [-0.25, -0.2) is 8.78 Å². The molecule has 1 N–H and O–H groups in total. The largest absolute Gasteiger partial charge is 0.369 e. The number of rotatable bonds is 4. The normalized spacial score (nSPS) is 16.4. The third kappa shape index (κ3) is 4.02. The second kappa shape index (κ2) is 7.83. The number of anilines is 2. The SMILES string of the molecule is Cc1ccccc1N1CCN(C(C)C(=O)Nc2ccc(F)cc2F)CC1. The van der Waals surface area contributed by atoms with E-state index in [0.29, 0.717) is 0 Å². The molecule has 0 bridgehead atoms. The number of hydrogen-bond acceptors (Lipinski definition) is 3. The van der Waals surface area contributed by atoms with Gasteiger partial charge in [-0.2, -0.15) is 0 Å². The molecule has 2 aromatic rings. The Labute approximate surface area is 152 Å². The molecular formula is C20H23F2N3O. The Morgan fingerprint density at radius 2 is 1.77 bits per heavy atom. The van der Waals surface area contributed by atoms with Crippen LogP contribution in [0, 0.1) is 18.6 Å². The molecule has 0 aromatic heterocycles. The van der Waals surface area contributed by atoms with Gasteiger partial charge in [0, 0.05) is 37.9 Å². The molecule has 1 aliphatic heterocycles. The Morgan fingerprint density at radius 3 is 2.42 bits per heavy atom. The zero-order valence-corrected chi connectivity index (χ0v) is 15.0. The van der Waals surface area contributed by atoms with Gasteiger partial charge < -0.3 is 10.2 Å². The van der Waals surface area contributed by atoms with Crippen LogP contribution in [0.2, 0.25) is 0 Å². The molecular weight excluding hydrogens is 336 g/mol. The third-order valence-electron chi connectivity index (χ3n) is 4.89. The summed E-state index contributed by atoms with van der Waals surface area (Å²) >= 11 is 0. The molecule has 0 spiro atoms. The molecule has 0 saturated carbocycles. The van der Waals surface area contributed by atoms with E-state index in [9.17, 15) is 13.6 Å². The van der Waals surface area contributed by atoms with Crippen molar-refractivity contribution in [3.8, 4) is 0 Å². The number of hydrogen-bond donors (Lipinski definition) is 1. The van der Waals surface area contributed by atoms with Crippen LogP contribution in [0.25, 0.3) is 0 Å². The smallest absolute Gasteiger partial charge is 0.241 e. The maximum Gasteiger partial charge on any atom is 0.241 e. The molecule has 4 nitrogen and oxygen atoms in total. The van der Waals surface area contributed by atoms with Crippen molar-refractivity contribution in [2.24, 2.45) is 0 Å². The highest BCUT2D eigenvalue weighted by Crippen LogP contribution is 2.22. The zero-order valence-electron chi connectivity index (χ0n) is 15.0. The molecule has 6 heteroatoms. The van der Waals surface area contributed by atoms with Gasteiger partial charge in [0.2, 0.25) is 5.91 Å². The van der Waals surface area contributed by atoms with Crippen LogP contribution in [-0.4, -0.2) is 43.0 Å². The number of carbonyl (C=O) groups is 1. The molecule has 1 aliphatic rings. The van der Waals surface area contributed by atoms with Crippen LogP contribution < -0.4 is 10.2 Å². The lowest BCUT2D eigenvalue weighted by Crippen LogP contribution is -2.53. The van der Waals surface area contributed by atoms with Crippen molar-refractivity contribution in [2.45, 2.75) is 19.9 Å². The number of benzene rings is 2. The minimum atomic E-state index is -0.769. The molecule has 138 valence electrons. The number of nitrogens with zero attached hydrogens (tertiary/aromatic N) is 2. The molecule has 2 aromatic carbocycles. The Bertz CT molecular complexity index is 788. The van der Waals surface area contributed by atoms with Crippen molar-refractivity contribution in [3.05, 3.63) is 59.7 Å². The van der Waals surface area contributed by atoms with Gasteiger partial charge in [0.05, 0.1) is 11.7 Å². The van der Waals surface area contributed by atoms with Gasteiger partial charge >= 0.3 is 0 Å². The number of amides is 1.